The molecule has 8 aromatic rings. The molecule has 40 heavy (non-hydrogen) atoms. The molecule has 0 saturated heterocycles. The number of hydrogen-bond acceptors (Lipinski definition) is 0. The molecule has 0 fully saturated rings. The first kappa shape index (κ1) is 21.9. The Kier molecular flexibility index (Phi) is 4.54. The van der Waals surface area contributed by atoms with Gasteiger partial charge in [-0.1, -0.05) is 140 Å². The molecule has 2 bridgehead atoms. The van der Waals surface area contributed by atoms with Gasteiger partial charge in [0.2, 0.25) is 0 Å². The fourth-order valence-corrected chi connectivity index (χ4v) is 7.60. The lowest BCUT2D eigenvalue weighted by atomic mass is 9.61. The van der Waals surface area contributed by atoms with Crippen LogP contribution >= 0.6 is 0 Å². The van der Waals surface area contributed by atoms with Gasteiger partial charge in [-0.2, -0.15) is 0 Å². The fraction of sp³-hybridized carbons (Fsp3) is 0.0500. The Morgan fingerprint density at radius 2 is 0.700 bits per heavy atom. The predicted octanol–water partition coefficient (Wildman–Crippen LogP) is 10.4. The van der Waals surface area contributed by atoms with Crippen molar-refractivity contribution in [2.75, 3.05) is 0 Å². The van der Waals surface area contributed by atoms with Crippen LogP contribution in [-0.2, 0) is 0 Å². The van der Waals surface area contributed by atoms with E-state index in [4.69, 9.17) is 0 Å². The van der Waals surface area contributed by atoms with Gasteiger partial charge in [0.1, 0.15) is 0 Å². The largest absolute Gasteiger partial charge is 0.0619 e. The average Bonchev–Trinajstić information content (AvgIpc) is 3.03. The van der Waals surface area contributed by atoms with Crippen LogP contribution in [-0.4, -0.2) is 0 Å². The van der Waals surface area contributed by atoms with E-state index in [1.165, 1.54) is 76.5 Å². The van der Waals surface area contributed by atoms with Gasteiger partial charge in [0.15, 0.2) is 0 Å². The van der Waals surface area contributed by atoms with Gasteiger partial charge in [-0.3, -0.25) is 0 Å². The molecule has 0 spiro atoms. The molecule has 0 heteroatoms. The van der Waals surface area contributed by atoms with Crippen LogP contribution in [0.1, 0.15) is 45.2 Å². The average molecular weight is 507 g/mol. The molecule has 0 saturated carbocycles. The summed E-state index contributed by atoms with van der Waals surface area (Å²) in [5, 5.41) is 10.8. The Balaban J connectivity index is 0.000000115. The lowest BCUT2D eigenvalue weighted by Crippen LogP contribution is -2.27. The molecule has 0 heterocycles. The molecule has 186 valence electrons. The van der Waals surface area contributed by atoms with E-state index < -0.39 is 0 Å². The number of fused-ring (bicyclic) bond motifs is 2. The quantitative estimate of drug-likeness (QED) is 0.142. The van der Waals surface area contributed by atoms with Crippen molar-refractivity contribution in [2.45, 2.75) is 11.8 Å². The fourth-order valence-electron chi connectivity index (χ4n) is 7.60. The molecule has 11 rings (SSSR count). The minimum atomic E-state index is 0.420. The second-order valence-corrected chi connectivity index (χ2v) is 11.2. The Hall–Kier alpha value is -4.94. The first-order valence-corrected chi connectivity index (χ1v) is 14.2. The van der Waals surface area contributed by atoms with Crippen molar-refractivity contribution in [3.63, 3.8) is 0 Å². The van der Waals surface area contributed by atoms with Crippen LogP contribution in [0.5, 0.6) is 0 Å². The van der Waals surface area contributed by atoms with Crippen LogP contribution in [0.4, 0.5) is 0 Å². The SMILES string of the molecule is c1ccc2c(c1)C1c3ccccc3C2c2ccccc21.c1ccc2c(c1)cc1ccc3cccc4ccc2c1c34. The van der Waals surface area contributed by atoms with E-state index in [2.05, 4.69) is 146 Å². The first-order chi connectivity index (χ1) is 19.9. The molecule has 0 N–H and O–H groups in total. The molecule has 3 aliphatic rings. The number of hydrogen-bond donors (Lipinski definition) is 0. The van der Waals surface area contributed by atoms with Gasteiger partial charge >= 0.3 is 0 Å². The molecule has 8 aromatic carbocycles. The zero-order valence-corrected chi connectivity index (χ0v) is 22.0. The van der Waals surface area contributed by atoms with Gasteiger partial charge in [0.05, 0.1) is 0 Å². The van der Waals surface area contributed by atoms with Gasteiger partial charge in [-0.25, -0.2) is 0 Å². The maximum atomic E-state index is 2.31. The van der Waals surface area contributed by atoms with Crippen molar-refractivity contribution in [1.29, 1.82) is 0 Å². The summed E-state index contributed by atoms with van der Waals surface area (Å²) in [5.41, 5.74) is 8.97. The summed E-state index contributed by atoms with van der Waals surface area (Å²) < 4.78 is 0. The van der Waals surface area contributed by atoms with E-state index in [0.717, 1.165) is 0 Å². The molecule has 0 amide bonds. The van der Waals surface area contributed by atoms with Gasteiger partial charge in [0.25, 0.3) is 0 Å². The Bertz CT molecular complexity index is 2040. The zero-order valence-electron chi connectivity index (χ0n) is 22.0. The molecule has 0 atom stereocenters. The summed E-state index contributed by atoms with van der Waals surface area (Å²) in [6, 6.07) is 53.4. The standard InChI is InChI=1S/C20H14.C20H12/c1-2-8-14-13(7-1)19-15-9-3-5-11-17(15)20(14)18-12-6-4-10-16(18)19;1-2-7-17-15(4-1)12-16-9-8-13-5-3-6-14-10-11-18(17)20(16)19(13)14/h1-12,19-20H;1-12H. The van der Waals surface area contributed by atoms with Gasteiger partial charge < -0.3 is 0 Å². The Labute approximate surface area is 233 Å². The summed E-state index contributed by atoms with van der Waals surface area (Å²) in [6.07, 6.45) is 0. The van der Waals surface area contributed by atoms with E-state index in [-0.39, 0.29) is 0 Å². The summed E-state index contributed by atoms with van der Waals surface area (Å²) >= 11 is 0. The van der Waals surface area contributed by atoms with Gasteiger partial charge in [-0.05, 0) is 82.5 Å². The molecule has 0 radical (unpaired) electrons. The molecule has 0 aliphatic heterocycles. The van der Waals surface area contributed by atoms with E-state index >= 15 is 0 Å². The van der Waals surface area contributed by atoms with Crippen molar-refractivity contribution < 1.29 is 0 Å². The summed E-state index contributed by atoms with van der Waals surface area (Å²) in [4.78, 5) is 0. The van der Waals surface area contributed by atoms with Crippen LogP contribution in [0, 0.1) is 0 Å². The highest BCUT2D eigenvalue weighted by Gasteiger charge is 2.40. The monoisotopic (exact) mass is 506 g/mol. The van der Waals surface area contributed by atoms with Crippen LogP contribution < -0.4 is 0 Å². The molecule has 0 aromatic heterocycles. The highest BCUT2D eigenvalue weighted by atomic mass is 14.4. The third-order valence-corrected chi connectivity index (χ3v) is 9.22. The predicted molar refractivity (Wildman–Crippen MR) is 169 cm³/mol. The van der Waals surface area contributed by atoms with Crippen molar-refractivity contribution in [3.8, 4) is 0 Å². The highest BCUT2D eigenvalue weighted by Crippen LogP contribution is 2.55. The van der Waals surface area contributed by atoms with E-state index in [9.17, 15) is 0 Å². The Morgan fingerprint density at radius 1 is 0.275 bits per heavy atom. The maximum absolute atomic E-state index is 2.31. The summed E-state index contributed by atoms with van der Waals surface area (Å²) in [7, 11) is 0. The number of benzene rings is 8. The minimum absolute atomic E-state index is 0.420. The highest BCUT2D eigenvalue weighted by molar-refractivity contribution is 6.28. The lowest BCUT2D eigenvalue weighted by molar-refractivity contribution is 0.754. The third kappa shape index (κ3) is 2.96. The van der Waals surface area contributed by atoms with Crippen LogP contribution in [0.25, 0.3) is 43.1 Å². The molecule has 0 nitrogen and oxygen atoms in total. The molecular formula is C40H26. The zero-order chi connectivity index (χ0) is 26.2. The second-order valence-electron chi connectivity index (χ2n) is 11.2. The van der Waals surface area contributed by atoms with E-state index in [1.54, 1.807) is 0 Å². The van der Waals surface area contributed by atoms with Crippen LogP contribution in [0.15, 0.2) is 146 Å². The normalized spacial score (nSPS) is 16.5. The first-order valence-electron chi connectivity index (χ1n) is 14.2. The minimum Gasteiger partial charge on any atom is -0.0619 e. The van der Waals surface area contributed by atoms with Crippen LogP contribution in [0.3, 0.4) is 0 Å². The smallest absolute Gasteiger partial charge is 0.0349 e. The van der Waals surface area contributed by atoms with Crippen molar-refractivity contribution >= 4 is 43.1 Å². The summed E-state index contributed by atoms with van der Waals surface area (Å²) in [6.45, 7) is 0. The molecule has 3 aliphatic carbocycles. The molecular weight excluding hydrogens is 480 g/mol. The molecule has 0 unspecified atom stereocenters. The van der Waals surface area contributed by atoms with Crippen molar-refractivity contribution in [2.24, 2.45) is 0 Å². The number of rotatable bonds is 0. The van der Waals surface area contributed by atoms with E-state index in [0.29, 0.717) is 11.8 Å². The second kappa shape index (κ2) is 8.28. The van der Waals surface area contributed by atoms with Gasteiger partial charge in [0, 0.05) is 11.8 Å². The lowest BCUT2D eigenvalue weighted by Gasteiger charge is -2.42. The van der Waals surface area contributed by atoms with Crippen molar-refractivity contribution in [3.05, 3.63) is 179 Å². The Morgan fingerprint density at radius 3 is 1.25 bits per heavy atom. The van der Waals surface area contributed by atoms with Gasteiger partial charge in [-0.15, -0.1) is 0 Å². The third-order valence-electron chi connectivity index (χ3n) is 9.22. The van der Waals surface area contributed by atoms with E-state index in [1.807, 2.05) is 0 Å². The topological polar surface area (TPSA) is 0 Å². The van der Waals surface area contributed by atoms with Crippen molar-refractivity contribution in [1.82, 2.24) is 0 Å². The summed E-state index contributed by atoms with van der Waals surface area (Å²) in [5.74, 6) is 0.840. The van der Waals surface area contributed by atoms with Crippen LogP contribution in [0.2, 0.25) is 0 Å². The maximum Gasteiger partial charge on any atom is 0.0349 e.